The zero-order valence-corrected chi connectivity index (χ0v) is 14.2. The van der Waals surface area contributed by atoms with E-state index in [4.69, 9.17) is 21.1 Å². The Balaban J connectivity index is 2.09. The SMILES string of the molecule is CCOc1ccc(Br)cc1/C=C/C(=O)Oc1ccc(Cl)cc1. The van der Waals surface area contributed by atoms with E-state index in [0.717, 1.165) is 10.0 Å². The lowest BCUT2D eigenvalue weighted by molar-refractivity contribution is -0.128. The van der Waals surface area contributed by atoms with E-state index in [-0.39, 0.29) is 0 Å². The molecule has 0 fully saturated rings. The van der Waals surface area contributed by atoms with Crippen molar-refractivity contribution in [2.75, 3.05) is 6.61 Å². The third kappa shape index (κ3) is 4.90. The number of benzene rings is 2. The molecule has 2 rings (SSSR count). The van der Waals surface area contributed by atoms with Crippen LogP contribution in [0.2, 0.25) is 5.02 Å². The fourth-order valence-corrected chi connectivity index (χ4v) is 2.25. The number of carbonyl (C=O) groups is 1. The molecule has 0 aliphatic carbocycles. The Labute approximate surface area is 142 Å². The van der Waals surface area contributed by atoms with Gasteiger partial charge in [-0.25, -0.2) is 4.79 Å². The molecule has 0 radical (unpaired) electrons. The first-order chi connectivity index (χ1) is 10.6. The van der Waals surface area contributed by atoms with Crippen LogP contribution in [-0.2, 0) is 4.79 Å². The second-order valence-electron chi connectivity index (χ2n) is 4.32. The molecule has 114 valence electrons. The Bertz CT molecular complexity index is 681. The van der Waals surface area contributed by atoms with Gasteiger partial charge in [0.2, 0.25) is 0 Å². The molecule has 0 aliphatic heterocycles. The van der Waals surface area contributed by atoms with Gasteiger partial charge in [0, 0.05) is 21.1 Å². The molecule has 2 aromatic carbocycles. The zero-order chi connectivity index (χ0) is 15.9. The summed E-state index contributed by atoms with van der Waals surface area (Å²) in [4.78, 5) is 11.8. The van der Waals surface area contributed by atoms with Gasteiger partial charge in [0.05, 0.1) is 6.61 Å². The maximum Gasteiger partial charge on any atom is 0.336 e. The van der Waals surface area contributed by atoms with Crippen molar-refractivity contribution in [1.29, 1.82) is 0 Å². The summed E-state index contributed by atoms with van der Waals surface area (Å²) in [5.41, 5.74) is 0.796. The average molecular weight is 382 g/mol. The Hall–Kier alpha value is -1.78. The van der Waals surface area contributed by atoms with E-state index in [9.17, 15) is 4.79 Å². The van der Waals surface area contributed by atoms with E-state index >= 15 is 0 Å². The molecule has 2 aromatic rings. The van der Waals surface area contributed by atoms with Gasteiger partial charge in [-0.05, 0) is 55.5 Å². The summed E-state index contributed by atoms with van der Waals surface area (Å²) in [6, 6.07) is 12.2. The zero-order valence-electron chi connectivity index (χ0n) is 11.9. The van der Waals surface area contributed by atoms with Gasteiger partial charge < -0.3 is 9.47 Å². The third-order valence-corrected chi connectivity index (χ3v) is 3.45. The fourth-order valence-electron chi connectivity index (χ4n) is 1.75. The van der Waals surface area contributed by atoms with Gasteiger partial charge in [0.15, 0.2) is 0 Å². The minimum absolute atomic E-state index is 0.443. The van der Waals surface area contributed by atoms with Crippen molar-refractivity contribution in [1.82, 2.24) is 0 Å². The fraction of sp³-hybridized carbons (Fsp3) is 0.118. The maximum absolute atomic E-state index is 11.8. The summed E-state index contributed by atoms with van der Waals surface area (Å²) in [6.07, 6.45) is 3.02. The lowest BCUT2D eigenvalue weighted by Crippen LogP contribution is -2.03. The lowest BCUT2D eigenvalue weighted by atomic mass is 10.2. The molecule has 0 N–H and O–H groups in total. The van der Waals surface area contributed by atoms with E-state index in [2.05, 4.69) is 15.9 Å². The normalized spacial score (nSPS) is 10.7. The smallest absolute Gasteiger partial charge is 0.336 e. The lowest BCUT2D eigenvalue weighted by Gasteiger charge is -2.07. The van der Waals surface area contributed by atoms with Crippen LogP contribution in [0.4, 0.5) is 0 Å². The van der Waals surface area contributed by atoms with Gasteiger partial charge in [-0.15, -0.1) is 0 Å². The average Bonchev–Trinajstić information content (AvgIpc) is 2.50. The molecule has 3 nitrogen and oxygen atoms in total. The molecule has 5 heteroatoms. The number of halogens is 2. The molecule has 0 bridgehead atoms. The number of hydrogen-bond donors (Lipinski definition) is 0. The number of carbonyl (C=O) groups excluding carboxylic acids is 1. The van der Waals surface area contributed by atoms with E-state index in [1.807, 2.05) is 25.1 Å². The molecular formula is C17H14BrClO3. The van der Waals surface area contributed by atoms with Crippen molar-refractivity contribution in [3.05, 3.63) is 63.6 Å². The molecule has 0 spiro atoms. The van der Waals surface area contributed by atoms with Gasteiger partial charge in [-0.3, -0.25) is 0 Å². The van der Waals surface area contributed by atoms with Crippen LogP contribution in [0.15, 0.2) is 53.0 Å². The molecule has 22 heavy (non-hydrogen) atoms. The number of hydrogen-bond acceptors (Lipinski definition) is 3. The van der Waals surface area contributed by atoms with Crippen LogP contribution in [0.1, 0.15) is 12.5 Å². The summed E-state index contributed by atoms with van der Waals surface area (Å²) in [6.45, 7) is 2.46. The first-order valence-corrected chi connectivity index (χ1v) is 7.83. The maximum atomic E-state index is 11.8. The monoisotopic (exact) mass is 380 g/mol. The molecule has 0 saturated carbocycles. The van der Waals surface area contributed by atoms with Gasteiger partial charge in [0.1, 0.15) is 11.5 Å². The Morgan fingerprint density at radius 2 is 1.95 bits per heavy atom. The van der Waals surface area contributed by atoms with Gasteiger partial charge in [-0.2, -0.15) is 0 Å². The predicted octanol–water partition coefficient (Wildman–Crippen LogP) is 5.12. The summed E-state index contributed by atoms with van der Waals surface area (Å²) >= 11 is 9.18. The Morgan fingerprint density at radius 1 is 1.23 bits per heavy atom. The molecular weight excluding hydrogens is 368 g/mol. The Morgan fingerprint density at radius 3 is 2.64 bits per heavy atom. The highest BCUT2D eigenvalue weighted by atomic mass is 79.9. The largest absolute Gasteiger partial charge is 0.493 e. The highest BCUT2D eigenvalue weighted by molar-refractivity contribution is 9.10. The topological polar surface area (TPSA) is 35.5 Å². The standard InChI is InChI=1S/C17H14BrClO3/c1-2-21-16-9-4-13(18)11-12(16)3-10-17(20)22-15-7-5-14(19)6-8-15/h3-11H,2H2,1H3/b10-3+. The van der Waals surface area contributed by atoms with Crippen LogP contribution >= 0.6 is 27.5 Å². The number of esters is 1. The Kier molecular flexibility index (Phi) is 6.04. The highest BCUT2D eigenvalue weighted by Crippen LogP contribution is 2.24. The molecule has 0 atom stereocenters. The summed E-state index contributed by atoms with van der Waals surface area (Å²) < 4.78 is 11.6. The number of rotatable bonds is 5. The molecule has 0 aliphatic rings. The molecule has 0 aromatic heterocycles. The van der Waals surface area contributed by atoms with Crippen LogP contribution in [0, 0.1) is 0 Å². The highest BCUT2D eigenvalue weighted by Gasteiger charge is 2.04. The van der Waals surface area contributed by atoms with Gasteiger partial charge >= 0.3 is 5.97 Å². The first kappa shape index (κ1) is 16.6. The van der Waals surface area contributed by atoms with Crippen LogP contribution in [-0.4, -0.2) is 12.6 Å². The number of ether oxygens (including phenoxy) is 2. The minimum atomic E-state index is -0.468. The summed E-state index contributed by atoms with van der Waals surface area (Å²) in [7, 11) is 0. The van der Waals surface area contributed by atoms with Crippen molar-refractivity contribution < 1.29 is 14.3 Å². The quantitative estimate of drug-likeness (QED) is 0.410. The van der Waals surface area contributed by atoms with Crippen molar-refractivity contribution in [3.8, 4) is 11.5 Å². The molecule has 0 heterocycles. The second-order valence-corrected chi connectivity index (χ2v) is 5.68. The van der Waals surface area contributed by atoms with Crippen LogP contribution < -0.4 is 9.47 Å². The predicted molar refractivity (Wildman–Crippen MR) is 91.4 cm³/mol. The summed E-state index contributed by atoms with van der Waals surface area (Å²) in [5, 5.41) is 0.589. The third-order valence-electron chi connectivity index (χ3n) is 2.70. The van der Waals surface area contributed by atoms with E-state index in [1.165, 1.54) is 6.08 Å². The molecule has 0 saturated heterocycles. The van der Waals surface area contributed by atoms with Gasteiger partial charge in [-0.1, -0.05) is 27.5 Å². The van der Waals surface area contributed by atoms with Gasteiger partial charge in [0.25, 0.3) is 0 Å². The molecule has 0 unspecified atom stereocenters. The van der Waals surface area contributed by atoms with E-state index < -0.39 is 5.97 Å². The molecule has 0 amide bonds. The first-order valence-electron chi connectivity index (χ1n) is 6.66. The van der Waals surface area contributed by atoms with Crippen molar-refractivity contribution >= 4 is 39.6 Å². The van der Waals surface area contributed by atoms with Crippen LogP contribution in [0.3, 0.4) is 0 Å². The van der Waals surface area contributed by atoms with Crippen molar-refractivity contribution in [3.63, 3.8) is 0 Å². The minimum Gasteiger partial charge on any atom is -0.493 e. The van der Waals surface area contributed by atoms with E-state index in [1.54, 1.807) is 30.3 Å². The van der Waals surface area contributed by atoms with Crippen LogP contribution in [0.25, 0.3) is 6.08 Å². The van der Waals surface area contributed by atoms with Crippen LogP contribution in [0.5, 0.6) is 11.5 Å². The van der Waals surface area contributed by atoms with E-state index in [0.29, 0.717) is 23.1 Å². The van der Waals surface area contributed by atoms with Crippen molar-refractivity contribution in [2.45, 2.75) is 6.92 Å². The van der Waals surface area contributed by atoms with Crippen molar-refractivity contribution in [2.24, 2.45) is 0 Å². The second kappa shape index (κ2) is 8.01. The summed E-state index contributed by atoms with van der Waals surface area (Å²) in [5.74, 6) is 0.685.